The molecule has 1 N–H and O–H groups in total. The van der Waals surface area contributed by atoms with Crippen molar-refractivity contribution in [3.8, 4) is 28.4 Å². The largest absolute Gasteiger partial charge is 0.496 e. The molecule has 4 aromatic rings. The SMILES string of the molecule is COc1cc(OC(=O)N(CCN(C)C)Cc2ccccc2)ccc1-c1ccc2c(c1COc1cc(F)ccc1C)C(C)=CC(C)(C)N2.[HH]. The van der Waals surface area contributed by atoms with Gasteiger partial charge in [0, 0.05) is 55.6 Å². The molecule has 1 aliphatic rings. The number of halogens is 1. The van der Waals surface area contributed by atoms with Crippen LogP contribution in [0.5, 0.6) is 17.2 Å². The predicted molar refractivity (Wildman–Crippen MR) is 189 cm³/mol. The molecule has 5 rings (SSSR count). The molecule has 0 saturated carbocycles. The highest BCUT2D eigenvalue weighted by molar-refractivity contribution is 5.88. The van der Waals surface area contributed by atoms with Gasteiger partial charge in [-0.2, -0.15) is 0 Å². The second-order valence-corrected chi connectivity index (χ2v) is 12.8. The van der Waals surface area contributed by atoms with Crippen molar-refractivity contribution < 1.29 is 24.8 Å². The van der Waals surface area contributed by atoms with Gasteiger partial charge in [0.15, 0.2) is 0 Å². The van der Waals surface area contributed by atoms with Gasteiger partial charge in [-0.25, -0.2) is 9.18 Å². The molecule has 0 radical (unpaired) electrons. The fraction of sp³-hybridized carbons (Fsp3) is 0.308. The zero-order chi connectivity index (χ0) is 33.7. The topological polar surface area (TPSA) is 63.3 Å². The summed E-state index contributed by atoms with van der Waals surface area (Å²) in [5, 5.41) is 3.62. The number of carbonyl (C=O) groups excluding carboxylic acids is 1. The zero-order valence-electron chi connectivity index (χ0n) is 28.3. The number of hydrogen-bond acceptors (Lipinski definition) is 6. The van der Waals surface area contributed by atoms with Gasteiger partial charge >= 0.3 is 6.09 Å². The third kappa shape index (κ3) is 8.13. The van der Waals surface area contributed by atoms with Crippen LogP contribution in [0.4, 0.5) is 14.9 Å². The number of anilines is 1. The molecule has 0 unspecified atom stereocenters. The molecule has 0 aliphatic carbocycles. The number of nitrogens with zero attached hydrogens (tertiary/aromatic N) is 2. The number of allylic oxidation sites excluding steroid dienone is 1. The van der Waals surface area contributed by atoms with Crippen molar-refractivity contribution in [2.24, 2.45) is 0 Å². The van der Waals surface area contributed by atoms with E-state index in [1.54, 1.807) is 30.2 Å². The Hall–Kier alpha value is -4.82. The first-order chi connectivity index (χ1) is 22.4. The fourth-order valence-electron chi connectivity index (χ4n) is 5.96. The van der Waals surface area contributed by atoms with E-state index in [1.165, 1.54) is 12.1 Å². The summed E-state index contributed by atoms with van der Waals surface area (Å²) in [6.07, 6.45) is 1.76. The Bertz CT molecular complexity index is 1780. The number of aryl methyl sites for hydroxylation is 1. The molecule has 1 amide bonds. The van der Waals surface area contributed by atoms with Crippen molar-refractivity contribution in [2.75, 3.05) is 39.6 Å². The number of hydrogen-bond donors (Lipinski definition) is 1. The Morgan fingerprint density at radius 2 is 1.66 bits per heavy atom. The highest BCUT2D eigenvalue weighted by Gasteiger charge is 2.27. The minimum absolute atomic E-state index is 0. The molecule has 1 aliphatic heterocycles. The Kier molecular flexibility index (Phi) is 10.2. The van der Waals surface area contributed by atoms with Crippen LogP contribution in [0.3, 0.4) is 0 Å². The summed E-state index contributed by atoms with van der Waals surface area (Å²) in [5.74, 6) is 1.07. The number of nitrogens with one attached hydrogen (secondary N) is 1. The van der Waals surface area contributed by atoms with E-state index in [0.29, 0.717) is 36.9 Å². The van der Waals surface area contributed by atoms with Crippen molar-refractivity contribution in [1.29, 1.82) is 0 Å². The van der Waals surface area contributed by atoms with Gasteiger partial charge in [-0.1, -0.05) is 48.5 Å². The number of ether oxygens (including phenoxy) is 3. The van der Waals surface area contributed by atoms with E-state index in [4.69, 9.17) is 14.2 Å². The lowest BCUT2D eigenvalue weighted by molar-refractivity contribution is 0.144. The quantitative estimate of drug-likeness (QED) is 0.177. The molecule has 0 spiro atoms. The number of likely N-dealkylation sites (N-methyl/N-ethyl adjacent to an activating group) is 1. The van der Waals surface area contributed by atoms with Crippen LogP contribution in [0.25, 0.3) is 16.7 Å². The summed E-state index contributed by atoms with van der Waals surface area (Å²) in [6.45, 7) is 10.1. The van der Waals surface area contributed by atoms with Crippen LogP contribution in [0.15, 0.2) is 84.9 Å². The van der Waals surface area contributed by atoms with Crippen LogP contribution in [-0.2, 0) is 13.2 Å². The average molecular weight is 640 g/mol. The second kappa shape index (κ2) is 14.3. The summed E-state index contributed by atoms with van der Waals surface area (Å²) in [4.78, 5) is 17.2. The van der Waals surface area contributed by atoms with Gasteiger partial charge in [-0.15, -0.1) is 0 Å². The van der Waals surface area contributed by atoms with E-state index in [9.17, 15) is 9.18 Å². The lowest BCUT2D eigenvalue weighted by Crippen LogP contribution is -2.38. The minimum Gasteiger partial charge on any atom is -0.496 e. The van der Waals surface area contributed by atoms with E-state index in [2.05, 4.69) is 38.2 Å². The van der Waals surface area contributed by atoms with Crippen LogP contribution in [0, 0.1) is 12.7 Å². The molecular formula is C39H46FN3O4. The molecule has 7 nitrogen and oxygen atoms in total. The Labute approximate surface area is 279 Å². The number of benzene rings is 4. The van der Waals surface area contributed by atoms with Crippen molar-refractivity contribution in [2.45, 2.75) is 46.4 Å². The average Bonchev–Trinajstić information content (AvgIpc) is 3.03. The molecule has 0 bridgehead atoms. The van der Waals surface area contributed by atoms with Gasteiger partial charge in [0.1, 0.15) is 29.7 Å². The number of amides is 1. The van der Waals surface area contributed by atoms with Crippen LogP contribution >= 0.6 is 0 Å². The van der Waals surface area contributed by atoms with E-state index < -0.39 is 6.09 Å². The monoisotopic (exact) mass is 639 g/mol. The number of fused-ring (bicyclic) bond motifs is 1. The smallest absolute Gasteiger partial charge is 0.415 e. The highest BCUT2D eigenvalue weighted by atomic mass is 19.1. The first-order valence-corrected chi connectivity index (χ1v) is 15.8. The van der Waals surface area contributed by atoms with E-state index in [0.717, 1.165) is 44.6 Å². The zero-order valence-corrected chi connectivity index (χ0v) is 28.3. The first kappa shape index (κ1) is 33.5. The maximum Gasteiger partial charge on any atom is 0.415 e. The summed E-state index contributed by atoms with van der Waals surface area (Å²) < 4.78 is 32.2. The van der Waals surface area contributed by atoms with Gasteiger partial charge in [-0.3, -0.25) is 0 Å². The lowest BCUT2D eigenvalue weighted by atomic mass is 9.85. The second-order valence-electron chi connectivity index (χ2n) is 12.8. The third-order valence-electron chi connectivity index (χ3n) is 8.22. The minimum atomic E-state index is -0.437. The van der Waals surface area contributed by atoms with Gasteiger partial charge in [-0.05, 0) is 88.3 Å². The lowest BCUT2D eigenvalue weighted by Gasteiger charge is -2.33. The van der Waals surface area contributed by atoms with Crippen molar-refractivity contribution >= 4 is 17.4 Å². The fourth-order valence-corrected chi connectivity index (χ4v) is 5.96. The maximum atomic E-state index is 14.1. The maximum absolute atomic E-state index is 14.1. The molecule has 0 fully saturated rings. The van der Waals surface area contributed by atoms with Gasteiger partial charge in [0.05, 0.1) is 12.6 Å². The van der Waals surface area contributed by atoms with Crippen LogP contribution in [-0.4, -0.2) is 55.7 Å². The van der Waals surface area contributed by atoms with Gasteiger partial charge in [0.2, 0.25) is 0 Å². The van der Waals surface area contributed by atoms with Crippen LogP contribution < -0.4 is 19.5 Å². The van der Waals surface area contributed by atoms with Crippen molar-refractivity contribution in [3.63, 3.8) is 0 Å². The highest BCUT2D eigenvalue weighted by Crippen LogP contribution is 2.43. The third-order valence-corrected chi connectivity index (χ3v) is 8.22. The molecular weight excluding hydrogens is 593 g/mol. The molecule has 0 saturated heterocycles. The van der Waals surface area contributed by atoms with E-state index in [-0.39, 0.29) is 19.4 Å². The normalized spacial score (nSPS) is 13.3. The van der Waals surface area contributed by atoms with E-state index in [1.807, 2.05) is 68.4 Å². The van der Waals surface area contributed by atoms with Gasteiger partial charge in [0.25, 0.3) is 0 Å². The van der Waals surface area contributed by atoms with Crippen molar-refractivity contribution in [3.05, 3.63) is 113 Å². The molecule has 0 aromatic heterocycles. The molecule has 4 aromatic carbocycles. The molecule has 47 heavy (non-hydrogen) atoms. The summed E-state index contributed by atoms with van der Waals surface area (Å²) >= 11 is 0. The molecule has 0 atom stereocenters. The first-order valence-electron chi connectivity index (χ1n) is 15.8. The number of carbonyl (C=O) groups is 1. The Morgan fingerprint density at radius 1 is 0.915 bits per heavy atom. The number of methoxy groups -OCH3 is 1. The predicted octanol–water partition coefficient (Wildman–Crippen LogP) is 8.80. The number of rotatable bonds is 11. The standard InChI is InChI=1S/C39H44FN3O4.H2/c1-26-13-14-29(40)21-35(26)46-25-33-31(17-18-34-37(33)27(2)23-39(3,4)41-34)32-16-15-30(22-36(32)45-7)47-38(44)43(20-19-42(5)6)24-28-11-9-8-10-12-28;/h8-18,21-23,41H,19-20,24-25H2,1-7H3;1H. The Morgan fingerprint density at radius 3 is 2.38 bits per heavy atom. The summed E-state index contributed by atoms with van der Waals surface area (Å²) in [6, 6.07) is 24.0. The molecule has 1 heterocycles. The van der Waals surface area contributed by atoms with E-state index >= 15 is 0 Å². The Balaban J connectivity index is 0.00000520. The van der Waals surface area contributed by atoms with Crippen LogP contribution in [0.2, 0.25) is 0 Å². The molecule has 248 valence electrons. The van der Waals surface area contributed by atoms with Gasteiger partial charge < -0.3 is 29.3 Å². The summed E-state index contributed by atoms with van der Waals surface area (Å²) in [5.41, 5.74) is 7.44. The van der Waals surface area contributed by atoms with Crippen LogP contribution in [0.1, 0.15) is 44.5 Å². The van der Waals surface area contributed by atoms with Crippen molar-refractivity contribution in [1.82, 2.24) is 9.80 Å². The molecule has 8 heteroatoms. The summed E-state index contributed by atoms with van der Waals surface area (Å²) in [7, 11) is 5.55.